The van der Waals surface area contributed by atoms with Crippen LogP contribution in [0.5, 0.6) is 0 Å². The molecule has 1 aromatic rings. The van der Waals surface area contributed by atoms with E-state index in [0.29, 0.717) is 5.82 Å². The summed E-state index contributed by atoms with van der Waals surface area (Å²) < 4.78 is 25.3. The van der Waals surface area contributed by atoms with Crippen LogP contribution in [0, 0.1) is 11.3 Å². The standard InChI is InChI=1S/C12H20N6O2S/c1-21(19,20)10-11(14)18(8-2-5-13)17-12(10)16-9-3-6-15-7-4-9/h9,15H,2-4,6-8,14H2,1H3,(H,16,17). The molecule has 9 heteroatoms. The van der Waals surface area contributed by atoms with Gasteiger partial charge >= 0.3 is 0 Å². The Kier molecular flexibility index (Phi) is 4.69. The highest BCUT2D eigenvalue weighted by Crippen LogP contribution is 2.28. The van der Waals surface area contributed by atoms with Gasteiger partial charge in [-0.25, -0.2) is 13.1 Å². The molecule has 1 fully saturated rings. The number of anilines is 2. The zero-order valence-electron chi connectivity index (χ0n) is 12.0. The molecule has 0 bridgehead atoms. The molecule has 0 aliphatic carbocycles. The Balaban J connectivity index is 2.31. The van der Waals surface area contributed by atoms with Crippen molar-refractivity contribution in [3.8, 4) is 6.07 Å². The quantitative estimate of drug-likeness (QED) is 0.695. The SMILES string of the molecule is CS(=O)(=O)c1c(NC2CCNCC2)nn(CCC#N)c1N. The second-order valence-corrected chi connectivity index (χ2v) is 7.09. The van der Waals surface area contributed by atoms with Crippen LogP contribution in [-0.4, -0.2) is 43.6 Å². The number of aromatic nitrogens is 2. The number of nitrogen functional groups attached to an aromatic ring is 1. The summed E-state index contributed by atoms with van der Waals surface area (Å²) >= 11 is 0. The van der Waals surface area contributed by atoms with Crippen molar-refractivity contribution in [3.05, 3.63) is 0 Å². The van der Waals surface area contributed by atoms with Gasteiger partial charge in [0.15, 0.2) is 20.6 Å². The summed E-state index contributed by atoms with van der Waals surface area (Å²) in [4.78, 5) is 0.0268. The van der Waals surface area contributed by atoms with Crippen LogP contribution in [0.3, 0.4) is 0 Å². The molecule has 0 unspecified atom stereocenters. The van der Waals surface area contributed by atoms with E-state index >= 15 is 0 Å². The van der Waals surface area contributed by atoms with Gasteiger partial charge in [0, 0.05) is 12.3 Å². The maximum Gasteiger partial charge on any atom is 0.182 e. The summed E-state index contributed by atoms with van der Waals surface area (Å²) in [5.74, 6) is 0.379. The molecule has 8 nitrogen and oxygen atoms in total. The number of piperidine rings is 1. The lowest BCUT2D eigenvalue weighted by molar-refractivity contribution is 0.477. The monoisotopic (exact) mass is 312 g/mol. The molecule has 21 heavy (non-hydrogen) atoms. The van der Waals surface area contributed by atoms with Crippen molar-refractivity contribution in [1.82, 2.24) is 15.1 Å². The smallest absolute Gasteiger partial charge is 0.182 e. The number of nitrogens with two attached hydrogens (primary N) is 1. The lowest BCUT2D eigenvalue weighted by Crippen LogP contribution is -2.35. The highest BCUT2D eigenvalue weighted by atomic mass is 32.2. The lowest BCUT2D eigenvalue weighted by atomic mass is 10.1. The summed E-state index contributed by atoms with van der Waals surface area (Å²) in [6, 6.07) is 2.17. The van der Waals surface area contributed by atoms with Gasteiger partial charge < -0.3 is 16.4 Å². The number of nitriles is 1. The lowest BCUT2D eigenvalue weighted by Gasteiger charge is -2.23. The van der Waals surface area contributed by atoms with Gasteiger partial charge in [0.2, 0.25) is 0 Å². The molecule has 0 saturated carbocycles. The normalized spacial score (nSPS) is 16.6. The molecule has 0 amide bonds. The van der Waals surface area contributed by atoms with E-state index in [4.69, 9.17) is 11.0 Å². The van der Waals surface area contributed by atoms with Crippen LogP contribution in [0.15, 0.2) is 4.90 Å². The first-order valence-electron chi connectivity index (χ1n) is 6.84. The van der Waals surface area contributed by atoms with Crippen LogP contribution in [0.25, 0.3) is 0 Å². The van der Waals surface area contributed by atoms with Gasteiger partial charge in [-0.2, -0.15) is 10.4 Å². The molecular weight excluding hydrogens is 292 g/mol. The molecular formula is C12H20N6O2S. The third-order valence-electron chi connectivity index (χ3n) is 3.43. The van der Waals surface area contributed by atoms with Crippen molar-refractivity contribution < 1.29 is 8.42 Å². The average molecular weight is 312 g/mol. The molecule has 4 N–H and O–H groups in total. The number of nitrogens with zero attached hydrogens (tertiary/aromatic N) is 3. The summed E-state index contributed by atoms with van der Waals surface area (Å²) in [6.45, 7) is 2.05. The minimum absolute atomic E-state index is 0.0268. The van der Waals surface area contributed by atoms with Crippen molar-refractivity contribution in [2.45, 2.75) is 36.7 Å². The average Bonchev–Trinajstić information content (AvgIpc) is 2.73. The van der Waals surface area contributed by atoms with E-state index in [1.807, 2.05) is 6.07 Å². The first-order valence-corrected chi connectivity index (χ1v) is 8.73. The van der Waals surface area contributed by atoms with Gasteiger partial charge in [0.25, 0.3) is 0 Å². The van der Waals surface area contributed by atoms with Crippen LogP contribution in [-0.2, 0) is 16.4 Å². The zero-order chi connectivity index (χ0) is 15.5. The van der Waals surface area contributed by atoms with Gasteiger partial charge in [0.1, 0.15) is 5.82 Å². The van der Waals surface area contributed by atoms with E-state index in [0.717, 1.165) is 32.2 Å². The Bertz CT molecular complexity index is 639. The van der Waals surface area contributed by atoms with Crippen molar-refractivity contribution in [3.63, 3.8) is 0 Å². The number of hydrogen-bond donors (Lipinski definition) is 3. The predicted molar refractivity (Wildman–Crippen MR) is 79.5 cm³/mol. The van der Waals surface area contributed by atoms with Crippen molar-refractivity contribution in [2.75, 3.05) is 30.4 Å². The second kappa shape index (κ2) is 6.32. The molecule has 1 aromatic heterocycles. The largest absolute Gasteiger partial charge is 0.383 e. The first-order chi connectivity index (χ1) is 9.93. The topological polar surface area (TPSA) is 126 Å². The Hall–Kier alpha value is -1.79. The van der Waals surface area contributed by atoms with Crippen LogP contribution < -0.4 is 16.4 Å². The van der Waals surface area contributed by atoms with Crippen LogP contribution in [0.4, 0.5) is 11.6 Å². The zero-order valence-corrected chi connectivity index (χ0v) is 12.8. The molecule has 2 rings (SSSR count). The van der Waals surface area contributed by atoms with Crippen LogP contribution in [0.2, 0.25) is 0 Å². The highest BCUT2D eigenvalue weighted by molar-refractivity contribution is 7.91. The maximum atomic E-state index is 12.0. The van der Waals surface area contributed by atoms with Gasteiger partial charge in [-0.15, -0.1) is 0 Å². The third-order valence-corrected chi connectivity index (χ3v) is 4.58. The van der Waals surface area contributed by atoms with Gasteiger partial charge in [-0.3, -0.25) is 0 Å². The van der Waals surface area contributed by atoms with Crippen LogP contribution in [0.1, 0.15) is 19.3 Å². The van der Waals surface area contributed by atoms with Crippen molar-refractivity contribution in [2.24, 2.45) is 0 Å². The van der Waals surface area contributed by atoms with Crippen LogP contribution >= 0.6 is 0 Å². The van der Waals surface area contributed by atoms with Gasteiger partial charge in [0.05, 0.1) is 19.0 Å². The fourth-order valence-electron chi connectivity index (χ4n) is 2.40. The highest BCUT2D eigenvalue weighted by Gasteiger charge is 2.26. The fourth-order valence-corrected chi connectivity index (χ4v) is 3.34. The molecule has 0 atom stereocenters. The van der Waals surface area contributed by atoms with E-state index in [9.17, 15) is 8.42 Å². The molecule has 0 aromatic carbocycles. The Morgan fingerprint density at radius 3 is 2.76 bits per heavy atom. The minimum Gasteiger partial charge on any atom is -0.383 e. The molecule has 1 aliphatic heterocycles. The molecule has 0 spiro atoms. The van der Waals surface area contributed by atoms with Gasteiger partial charge in [-0.05, 0) is 25.9 Å². The van der Waals surface area contributed by atoms with Crippen molar-refractivity contribution in [1.29, 1.82) is 5.26 Å². The minimum atomic E-state index is -3.49. The molecule has 1 saturated heterocycles. The van der Waals surface area contributed by atoms with E-state index in [-0.39, 0.29) is 29.7 Å². The number of hydrogen-bond acceptors (Lipinski definition) is 7. The van der Waals surface area contributed by atoms with Gasteiger partial charge in [-0.1, -0.05) is 0 Å². The summed E-state index contributed by atoms with van der Waals surface area (Å²) in [5, 5.41) is 19.3. The molecule has 0 radical (unpaired) electrons. The maximum absolute atomic E-state index is 12.0. The third kappa shape index (κ3) is 3.65. The number of aryl methyl sites for hydroxylation is 1. The van der Waals surface area contributed by atoms with E-state index in [1.165, 1.54) is 4.68 Å². The first kappa shape index (κ1) is 15.6. The Labute approximate surface area is 124 Å². The summed E-state index contributed by atoms with van der Waals surface area (Å²) in [5.41, 5.74) is 5.90. The fraction of sp³-hybridized carbons (Fsp3) is 0.667. The van der Waals surface area contributed by atoms with Crippen molar-refractivity contribution >= 4 is 21.5 Å². The molecule has 116 valence electrons. The van der Waals surface area contributed by atoms with E-state index < -0.39 is 9.84 Å². The second-order valence-electron chi connectivity index (χ2n) is 5.14. The van der Waals surface area contributed by atoms with E-state index in [2.05, 4.69) is 15.7 Å². The Morgan fingerprint density at radius 1 is 1.52 bits per heavy atom. The number of sulfone groups is 1. The Morgan fingerprint density at radius 2 is 2.19 bits per heavy atom. The summed E-state index contributed by atoms with van der Waals surface area (Å²) in [6.07, 6.45) is 3.13. The van der Waals surface area contributed by atoms with E-state index in [1.54, 1.807) is 0 Å². The molecule has 2 heterocycles. The molecule has 1 aliphatic rings. The number of nitrogens with one attached hydrogen (secondary N) is 2. The summed E-state index contributed by atoms with van der Waals surface area (Å²) in [7, 11) is -3.49. The predicted octanol–water partition coefficient (Wildman–Crippen LogP) is -0.0536. The number of rotatable bonds is 5.